The number of hydrogen-bond donors (Lipinski definition) is 2. The van der Waals surface area contributed by atoms with Crippen LogP contribution in [0.1, 0.15) is 45.1 Å². The number of nitrogens with zero attached hydrogens (tertiary/aromatic N) is 2. The van der Waals surface area contributed by atoms with Crippen molar-refractivity contribution in [3.63, 3.8) is 0 Å². The first-order valence-electron chi connectivity index (χ1n) is 10.3. The van der Waals surface area contributed by atoms with Crippen LogP contribution in [0.5, 0.6) is 11.5 Å². The van der Waals surface area contributed by atoms with Crippen LogP contribution >= 0.6 is 0 Å². The third-order valence-electron chi connectivity index (χ3n) is 6.09. The van der Waals surface area contributed by atoms with Gasteiger partial charge in [0.2, 0.25) is 12.7 Å². The minimum atomic E-state index is -0.325. The van der Waals surface area contributed by atoms with Crippen LogP contribution in [-0.2, 0) is 10.2 Å². The van der Waals surface area contributed by atoms with Crippen molar-refractivity contribution in [2.75, 3.05) is 41.0 Å². The first-order chi connectivity index (χ1) is 13.8. The second kappa shape index (κ2) is 8.51. The fraction of sp³-hybridized carbons (Fsp3) is 0.636. The molecule has 0 saturated heterocycles. The molecule has 0 radical (unpaired) electrons. The van der Waals surface area contributed by atoms with Gasteiger partial charge in [-0.05, 0) is 30.5 Å². The Hall–Kier alpha value is -2.44. The number of aliphatic imine (C=N–C) groups is 1. The SMILES string of the molecule is CN=C(NCC1(C(=O)N(C)C)CCCC1)NCC(C)(C)c1ccc2c(c1)OCO2. The van der Waals surface area contributed by atoms with Crippen molar-refractivity contribution in [1.82, 2.24) is 15.5 Å². The lowest BCUT2D eigenvalue weighted by molar-refractivity contribution is -0.138. The number of carbonyl (C=O) groups is 1. The highest BCUT2D eigenvalue weighted by Gasteiger charge is 2.42. The molecule has 7 heteroatoms. The number of carbonyl (C=O) groups excluding carboxylic acids is 1. The van der Waals surface area contributed by atoms with Gasteiger partial charge in [-0.2, -0.15) is 0 Å². The maximum Gasteiger partial charge on any atom is 0.231 e. The summed E-state index contributed by atoms with van der Waals surface area (Å²) in [7, 11) is 5.44. The van der Waals surface area contributed by atoms with Gasteiger partial charge < -0.3 is 25.0 Å². The van der Waals surface area contributed by atoms with Crippen LogP contribution in [0.25, 0.3) is 0 Å². The Balaban J connectivity index is 1.60. The van der Waals surface area contributed by atoms with Crippen LogP contribution in [0.4, 0.5) is 0 Å². The van der Waals surface area contributed by atoms with E-state index in [0.717, 1.165) is 43.1 Å². The molecule has 0 unspecified atom stereocenters. The number of fused-ring (bicyclic) bond motifs is 1. The molecule has 1 heterocycles. The summed E-state index contributed by atoms with van der Waals surface area (Å²) in [5.41, 5.74) is 0.705. The van der Waals surface area contributed by atoms with Crippen LogP contribution in [0, 0.1) is 5.41 Å². The summed E-state index contributed by atoms with van der Waals surface area (Å²) in [4.78, 5) is 18.8. The first-order valence-corrected chi connectivity index (χ1v) is 10.3. The van der Waals surface area contributed by atoms with Crippen molar-refractivity contribution in [3.8, 4) is 11.5 Å². The third-order valence-corrected chi connectivity index (χ3v) is 6.09. The summed E-state index contributed by atoms with van der Waals surface area (Å²) >= 11 is 0. The van der Waals surface area contributed by atoms with E-state index < -0.39 is 0 Å². The predicted molar refractivity (Wildman–Crippen MR) is 115 cm³/mol. The number of nitrogens with one attached hydrogen (secondary N) is 2. The molecule has 29 heavy (non-hydrogen) atoms. The van der Waals surface area contributed by atoms with Crippen molar-refractivity contribution in [1.29, 1.82) is 0 Å². The lowest BCUT2D eigenvalue weighted by atomic mass is 9.84. The Labute approximate surface area is 173 Å². The zero-order valence-corrected chi connectivity index (χ0v) is 18.3. The molecular formula is C22H34N4O3. The molecule has 0 atom stereocenters. The highest BCUT2D eigenvalue weighted by atomic mass is 16.7. The number of amides is 1. The zero-order valence-electron chi connectivity index (χ0n) is 18.3. The molecule has 160 valence electrons. The monoisotopic (exact) mass is 402 g/mol. The van der Waals surface area contributed by atoms with E-state index in [1.54, 1.807) is 11.9 Å². The second-order valence-electron chi connectivity index (χ2n) is 8.92. The molecule has 1 aromatic rings. The summed E-state index contributed by atoms with van der Waals surface area (Å²) in [6.07, 6.45) is 4.06. The molecule has 1 aliphatic carbocycles. The smallest absolute Gasteiger partial charge is 0.231 e. The van der Waals surface area contributed by atoms with Crippen LogP contribution in [0.3, 0.4) is 0 Å². The van der Waals surface area contributed by atoms with Crippen molar-refractivity contribution in [2.45, 2.75) is 44.9 Å². The summed E-state index contributed by atoms with van der Waals surface area (Å²) < 4.78 is 10.9. The van der Waals surface area contributed by atoms with Gasteiger partial charge in [-0.15, -0.1) is 0 Å². The van der Waals surface area contributed by atoms with Gasteiger partial charge in [0.25, 0.3) is 0 Å². The molecule has 1 aromatic carbocycles. The minimum absolute atomic E-state index is 0.136. The Kier molecular flexibility index (Phi) is 6.24. The van der Waals surface area contributed by atoms with Gasteiger partial charge in [0, 0.05) is 39.6 Å². The fourth-order valence-electron chi connectivity index (χ4n) is 4.19. The summed E-state index contributed by atoms with van der Waals surface area (Å²) in [6, 6.07) is 6.08. The average Bonchev–Trinajstić information content (AvgIpc) is 3.36. The molecule has 0 bridgehead atoms. The van der Waals surface area contributed by atoms with Gasteiger partial charge in [0.15, 0.2) is 17.5 Å². The lowest BCUT2D eigenvalue weighted by Crippen LogP contribution is -2.50. The number of hydrogen-bond acceptors (Lipinski definition) is 4. The van der Waals surface area contributed by atoms with Crippen LogP contribution in [-0.4, -0.2) is 57.8 Å². The summed E-state index contributed by atoms with van der Waals surface area (Å²) in [6.45, 7) is 5.94. The van der Waals surface area contributed by atoms with Gasteiger partial charge in [-0.3, -0.25) is 9.79 Å². The summed E-state index contributed by atoms with van der Waals surface area (Å²) in [5.74, 6) is 2.51. The second-order valence-corrected chi connectivity index (χ2v) is 8.92. The molecule has 1 amide bonds. The van der Waals surface area contributed by atoms with E-state index in [1.807, 2.05) is 26.2 Å². The Bertz CT molecular complexity index is 767. The zero-order chi connectivity index (χ0) is 21.1. The normalized spacial score (nSPS) is 17.9. The molecule has 1 fully saturated rings. The molecule has 2 N–H and O–H groups in total. The molecule has 1 saturated carbocycles. The van der Waals surface area contributed by atoms with E-state index in [9.17, 15) is 4.79 Å². The van der Waals surface area contributed by atoms with Gasteiger partial charge >= 0.3 is 0 Å². The molecule has 0 aromatic heterocycles. The van der Waals surface area contributed by atoms with E-state index >= 15 is 0 Å². The molecule has 1 aliphatic heterocycles. The van der Waals surface area contributed by atoms with Gasteiger partial charge in [-0.25, -0.2) is 0 Å². The van der Waals surface area contributed by atoms with Gasteiger partial charge in [0.1, 0.15) is 0 Å². The highest BCUT2D eigenvalue weighted by molar-refractivity contribution is 5.85. The van der Waals surface area contributed by atoms with E-state index in [-0.39, 0.29) is 23.5 Å². The van der Waals surface area contributed by atoms with Gasteiger partial charge in [0.05, 0.1) is 5.41 Å². The Morgan fingerprint density at radius 2 is 1.86 bits per heavy atom. The number of benzene rings is 1. The molecule has 7 nitrogen and oxygen atoms in total. The van der Waals surface area contributed by atoms with Crippen LogP contribution < -0.4 is 20.1 Å². The van der Waals surface area contributed by atoms with Crippen molar-refractivity contribution >= 4 is 11.9 Å². The standard InChI is InChI=1S/C22H34N4O3/c1-21(2,16-8-9-17-18(12-16)29-15-28-17)13-24-20(23-3)25-14-22(10-6-7-11-22)19(27)26(4)5/h8-9,12H,6-7,10-11,13-15H2,1-5H3,(H2,23,24,25). The predicted octanol–water partition coefficient (Wildman–Crippen LogP) is 2.51. The molecule has 2 aliphatic rings. The number of guanidine groups is 1. The largest absolute Gasteiger partial charge is 0.454 e. The lowest BCUT2D eigenvalue weighted by Gasteiger charge is -2.32. The number of rotatable bonds is 6. The quantitative estimate of drug-likeness (QED) is 0.565. The Morgan fingerprint density at radius 3 is 2.52 bits per heavy atom. The van der Waals surface area contributed by atoms with Crippen molar-refractivity contribution < 1.29 is 14.3 Å². The average molecular weight is 403 g/mol. The van der Waals surface area contributed by atoms with E-state index in [1.165, 1.54) is 5.56 Å². The van der Waals surface area contributed by atoms with Crippen LogP contribution in [0.15, 0.2) is 23.2 Å². The molecular weight excluding hydrogens is 368 g/mol. The van der Waals surface area contributed by atoms with E-state index in [4.69, 9.17) is 9.47 Å². The third kappa shape index (κ3) is 4.60. The number of ether oxygens (including phenoxy) is 2. The van der Waals surface area contributed by atoms with E-state index in [0.29, 0.717) is 13.1 Å². The molecule has 0 spiro atoms. The Morgan fingerprint density at radius 1 is 1.17 bits per heavy atom. The maximum atomic E-state index is 12.8. The highest BCUT2D eigenvalue weighted by Crippen LogP contribution is 2.39. The van der Waals surface area contributed by atoms with Crippen LogP contribution in [0.2, 0.25) is 0 Å². The van der Waals surface area contributed by atoms with Crippen molar-refractivity contribution in [2.24, 2.45) is 10.4 Å². The van der Waals surface area contributed by atoms with Gasteiger partial charge in [-0.1, -0.05) is 32.8 Å². The molecule has 3 rings (SSSR count). The maximum absolute atomic E-state index is 12.8. The minimum Gasteiger partial charge on any atom is -0.454 e. The summed E-state index contributed by atoms with van der Waals surface area (Å²) in [5, 5.41) is 6.83. The van der Waals surface area contributed by atoms with Crippen molar-refractivity contribution in [3.05, 3.63) is 23.8 Å². The fourth-order valence-corrected chi connectivity index (χ4v) is 4.19. The topological polar surface area (TPSA) is 75.2 Å². The van der Waals surface area contributed by atoms with E-state index in [2.05, 4.69) is 35.5 Å². The first kappa shape index (κ1) is 21.3.